The normalized spacial score (nSPS) is 14.6. The average molecular weight is 404 g/mol. The molecule has 0 spiro atoms. The fourth-order valence-corrected chi connectivity index (χ4v) is 4.21. The third-order valence-corrected chi connectivity index (χ3v) is 5.78. The molecular weight excluding hydrogens is 392 g/mol. The Morgan fingerprint density at radius 1 is 1.15 bits per heavy atom. The fraction of sp³-hybridized carbons (Fsp3) is 0.167. The maximum Gasteiger partial charge on any atom is 0.159 e. The molecule has 27 heavy (non-hydrogen) atoms. The summed E-state index contributed by atoms with van der Waals surface area (Å²) in [7, 11) is 0. The van der Waals surface area contributed by atoms with Crippen LogP contribution in [0.15, 0.2) is 30.0 Å². The Hall–Kier alpha value is -2.42. The smallest absolute Gasteiger partial charge is 0.159 e. The van der Waals surface area contributed by atoms with E-state index in [4.69, 9.17) is 11.6 Å². The Morgan fingerprint density at radius 3 is 2.78 bits per heavy atom. The second kappa shape index (κ2) is 6.33. The van der Waals surface area contributed by atoms with Crippen molar-refractivity contribution in [3.8, 4) is 11.1 Å². The van der Waals surface area contributed by atoms with Gasteiger partial charge in [0.05, 0.1) is 26.8 Å². The Kier molecular flexibility index (Phi) is 3.92. The summed E-state index contributed by atoms with van der Waals surface area (Å²) < 4.78 is 29.8. The Bertz CT molecular complexity index is 1190. The zero-order chi connectivity index (χ0) is 18.5. The largest absolute Gasteiger partial charge is 0.364 e. The molecule has 0 aliphatic carbocycles. The van der Waals surface area contributed by atoms with Gasteiger partial charge >= 0.3 is 0 Å². The third-order valence-electron chi connectivity index (χ3n) is 4.65. The quantitative estimate of drug-likeness (QED) is 0.536. The lowest BCUT2D eigenvalue weighted by atomic mass is 10.0. The van der Waals surface area contributed by atoms with Crippen LogP contribution in [0.25, 0.3) is 32.2 Å². The van der Waals surface area contributed by atoms with Crippen LogP contribution in [0.2, 0.25) is 5.02 Å². The molecule has 9 heteroatoms. The summed E-state index contributed by atoms with van der Waals surface area (Å²) >= 11 is 7.62. The number of anilines is 1. The first kappa shape index (κ1) is 16.7. The molecule has 5 rings (SSSR count). The molecule has 0 radical (unpaired) electrons. The summed E-state index contributed by atoms with van der Waals surface area (Å²) in [5.41, 5.74) is 2.67. The first-order valence-corrected chi connectivity index (χ1v) is 9.51. The lowest BCUT2D eigenvalue weighted by molar-refractivity contribution is 0.471. The van der Waals surface area contributed by atoms with Gasteiger partial charge in [-0.05, 0) is 18.2 Å². The van der Waals surface area contributed by atoms with E-state index in [1.807, 2.05) is 0 Å². The minimum absolute atomic E-state index is 0.159. The SMILES string of the molecule is Fc1c(-c2ccc(F)c3scnc23)c(Cl)cc2c(NC3CNC3)ncnc12. The van der Waals surface area contributed by atoms with E-state index >= 15 is 4.39 Å². The number of hydrogen-bond donors (Lipinski definition) is 2. The standard InChI is InChI=1S/C18H12ClF2N5S/c19-11-3-10-15(23-6-24-18(10)26-8-4-22-5-8)14(21)13(11)9-1-2-12(20)17-16(9)25-7-27-17/h1-3,6-8,22H,4-5H2,(H,23,24,26). The summed E-state index contributed by atoms with van der Waals surface area (Å²) in [6.45, 7) is 1.63. The van der Waals surface area contributed by atoms with E-state index in [9.17, 15) is 4.39 Å². The van der Waals surface area contributed by atoms with Crippen LogP contribution in [-0.4, -0.2) is 34.1 Å². The number of halogens is 3. The highest BCUT2D eigenvalue weighted by molar-refractivity contribution is 7.16. The molecule has 3 heterocycles. The predicted molar refractivity (Wildman–Crippen MR) is 103 cm³/mol. The van der Waals surface area contributed by atoms with Crippen LogP contribution in [0.4, 0.5) is 14.6 Å². The number of aromatic nitrogens is 3. The molecule has 0 saturated carbocycles. The number of rotatable bonds is 3. The molecule has 5 nitrogen and oxygen atoms in total. The molecule has 2 N–H and O–H groups in total. The van der Waals surface area contributed by atoms with Crippen LogP contribution >= 0.6 is 22.9 Å². The Balaban J connectivity index is 1.73. The molecule has 0 bridgehead atoms. The zero-order valence-corrected chi connectivity index (χ0v) is 15.3. The van der Waals surface area contributed by atoms with Crippen LogP contribution < -0.4 is 10.6 Å². The summed E-state index contributed by atoms with van der Waals surface area (Å²) in [5, 5.41) is 7.13. The molecule has 1 aliphatic rings. The second-order valence-corrected chi connectivity index (χ2v) is 7.55. The summed E-state index contributed by atoms with van der Waals surface area (Å²) in [4.78, 5) is 12.5. The molecule has 1 saturated heterocycles. The highest BCUT2D eigenvalue weighted by atomic mass is 35.5. The van der Waals surface area contributed by atoms with E-state index in [1.54, 1.807) is 6.07 Å². The van der Waals surface area contributed by atoms with Crippen molar-refractivity contribution in [1.82, 2.24) is 20.3 Å². The van der Waals surface area contributed by atoms with E-state index < -0.39 is 11.6 Å². The van der Waals surface area contributed by atoms with Gasteiger partial charge in [0, 0.05) is 29.6 Å². The summed E-state index contributed by atoms with van der Waals surface area (Å²) in [6, 6.07) is 4.67. The topological polar surface area (TPSA) is 62.7 Å². The third kappa shape index (κ3) is 2.63. The van der Waals surface area contributed by atoms with Gasteiger partial charge in [-0.3, -0.25) is 0 Å². The number of nitrogens with one attached hydrogen (secondary N) is 2. The zero-order valence-electron chi connectivity index (χ0n) is 13.8. The lowest BCUT2D eigenvalue weighted by Gasteiger charge is -2.28. The van der Waals surface area contributed by atoms with Crippen molar-refractivity contribution in [3.63, 3.8) is 0 Å². The predicted octanol–water partition coefficient (Wildman–Crippen LogP) is 4.22. The van der Waals surface area contributed by atoms with E-state index in [-0.39, 0.29) is 22.1 Å². The fourth-order valence-electron chi connectivity index (χ4n) is 3.20. The highest BCUT2D eigenvalue weighted by Crippen LogP contribution is 2.40. The molecule has 2 aromatic heterocycles. The van der Waals surface area contributed by atoms with Crippen LogP contribution in [0.3, 0.4) is 0 Å². The van der Waals surface area contributed by atoms with Crippen molar-refractivity contribution < 1.29 is 8.78 Å². The number of fused-ring (bicyclic) bond motifs is 2. The van der Waals surface area contributed by atoms with Gasteiger partial charge in [-0.1, -0.05) is 11.6 Å². The van der Waals surface area contributed by atoms with Gasteiger partial charge in [0.25, 0.3) is 0 Å². The number of thiazole rings is 1. The summed E-state index contributed by atoms with van der Waals surface area (Å²) in [6.07, 6.45) is 1.32. The monoisotopic (exact) mass is 403 g/mol. The number of hydrogen-bond acceptors (Lipinski definition) is 6. The maximum absolute atomic E-state index is 15.4. The van der Waals surface area contributed by atoms with E-state index in [1.165, 1.54) is 24.0 Å². The molecule has 136 valence electrons. The van der Waals surface area contributed by atoms with Crippen molar-refractivity contribution >= 4 is 49.9 Å². The maximum atomic E-state index is 15.4. The minimum Gasteiger partial charge on any atom is -0.364 e. The number of benzene rings is 2. The van der Waals surface area contributed by atoms with Gasteiger partial charge in [0.1, 0.15) is 23.5 Å². The van der Waals surface area contributed by atoms with Crippen molar-refractivity contribution in [1.29, 1.82) is 0 Å². The second-order valence-electron chi connectivity index (χ2n) is 6.29. The van der Waals surface area contributed by atoms with Gasteiger partial charge in [0.2, 0.25) is 0 Å². The molecule has 0 amide bonds. The molecule has 4 aromatic rings. The highest BCUT2D eigenvalue weighted by Gasteiger charge is 2.23. The van der Waals surface area contributed by atoms with E-state index in [0.29, 0.717) is 27.0 Å². The van der Waals surface area contributed by atoms with Gasteiger partial charge in [-0.25, -0.2) is 23.7 Å². The van der Waals surface area contributed by atoms with Crippen molar-refractivity contribution in [2.75, 3.05) is 18.4 Å². The van der Waals surface area contributed by atoms with E-state index in [2.05, 4.69) is 25.6 Å². The molecule has 1 fully saturated rings. The van der Waals surface area contributed by atoms with Crippen molar-refractivity contribution in [3.05, 3.63) is 46.7 Å². The first-order valence-electron chi connectivity index (χ1n) is 8.25. The Morgan fingerprint density at radius 2 is 2.00 bits per heavy atom. The lowest BCUT2D eigenvalue weighted by Crippen LogP contribution is -2.51. The van der Waals surface area contributed by atoms with Crippen LogP contribution in [0, 0.1) is 11.6 Å². The van der Waals surface area contributed by atoms with Crippen molar-refractivity contribution in [2.45, 2.75) is 6.04 Å². The summed E-state index contributed by atoms with van der Waals surface area (Å²) in [5.74, 6) is -0.427. The average Bonchev–Trinajstić information content (AvgIpc) is 3.11. The Labute approximate surface area is 161 Å². The molecule has 2 aromatic carbocycles. The van der Waals surface area contributed by atoms with Gasteiger partial charge in [0.15, 0.2) is 5.82 Å². The van der Waals surface area contributed by atoms with Gasteiger partial charge in [-0.15, -0.1) is 11.3 Å². The first-order chi connectivity index (χ1) is 13.1. The van der Waals surface area contributed by atoms with Crippen LogP contribution in [0.5, 0.6) is 0 Å². The van der Waals surface area contributed by atoms with Crippen molar-refractivity contribution in [2.24, 2.45) is 0 Å². The minimum atomic E-state index is -0.574. The van der Waals surface area contributed by atoms with Crippen LogP contribution in [0.1, 0.15) is 0 Å². The molecule has 1 aliphatic heterocycles. The van der Waals surface area contributed by atoms with Crippen LogP contribution in [-0.2, 0) is 0 Å². The van der Waals surface area contributed by atoms with E-state index in [0.717, 1.165) is 24.4 Å². The molecular formula is C18H12ClF2N5S. The number of nitrogens with zero attached hydrogens (tertiary/aromatic N) is 3. The molecule has 0 unspecified atom stereocenters. The molecule has 0 atom stereocenters. The van der Waals surface area contributed by atoms with Gasteiger partial charge < -0.3 is 10.6 Å². The van der Waals surface area contributed by atoms with Gasteiger partial charge in [-0.2, -0.15) is 0 Å².